The molecule has 0 aromatic carbocycles. The fourth-order valence-electron chi connectivity index (χ4n) is 7.77. The van der Waals surface area contributed by atoms with Crippen molar-refractivity contribution in [3.05, 3.63) is 0 Å². The van der Waals surface area contributed by atoms with Crippen molar-refractivity contribution in [2.24, 2.45) is 11.8 Å². The molecule has 6 N–H and O–H groups in total. The van der Waals surface area contributed by atoms with Crippen LogP contribution in [0.3, 0.4) is 0 Å². The topological polar surface area (TPSA) is 174 Å². The number of nitrogens with zero attached hydrogens (tertiary/aromatic N) is 2. The van der Waals surface area contributed by atoms with Gasteiger partial charge in [-0.25, -0.2) is 20.4 Å². The lowest BCUT2D eigenvalue weighted by molar-refractivity contribution is -0.146. The molecule has 3 aliphatic heterocycles. The van der Waals surface area contributed by atoms with Crippen molar-refractivity contribution in [2.75, 3.05) is 13.2 Å². The van der Waals surface area contributed by atoms with E-state index in [1.807, 2.05) is 5.12 Å². The van der Waals surface area contributed by atoms with Crippen molar-refractivity contribution >= 4 is 23.9 Å². The van der Waals surface area contributed by atoms with Crippen LogP contribution in [0.5, 0.6) is 0 Å². The van der Waals surface area contributed by atoms with Crippen molar-refractivity contribution in [3.63, 3.8) is 0 Å². The maximum atomic E-state index is 14.3. The van der Waals surface area contributed by atoms with Gasteiger partial charge < -0.3 is 30.1 Å². The van der Waals surface area contributed by atoms with Gasteiger partial charge in [0.2, 0.25) is 11.8 Å². The van der Waals surface area contributed by atoms with Gasteiger partial charge in [0.25, 0.3) is 0 Å². The monoisotopic (exact) mass is 663 g/mol. The van der Waals surface area contributed by atoms with Gasteiger partial charge in [-0.1, -0.05) is 39.0 Å². The highest BCUT2D eigenvalue weighted by molar-refractivity contribution is 5.96. The second kappa shape index (κ2) is 15.4. The summed E-state index contributed by atoms with van der Waals surface area (Å²) < 4.78 is 11.5. The zero-order valence-electron chi connectivity index (χ0n) is 28.6. The van der Waals surface area contributed by atoms with Crippen LogP contribution in [0.1, 0.15) is 118 Å². The number of hydrazine groups is 3. The first kappa shape index (κ1) is 35.8. The van der Waals surface area contributed by atoms with Crippen LogP contribution in [-0.2, 0) is 23.9 Å². The molecule has 0 radical (unpaired) electrons. The van der Waals surface area contributed by atoms with E-state index in [4.69, 9.17) is 9.47 Å². The van der Waals surface area contributed by atoms with E-state index in [1.165, 1.54) is 4.90 Å². The number of amides is 3. The van der Waals surface area contributed by atoms with E-state index in [1.54, 1.807) is 20.8 Å². The lowest BCUT2D eigenvalue weighted by Crippen LogP contribution is -2.56. The molecule has 0 bridgehead atoms. The van der Waals surface area contributed by atoms with Crippen LogP contribution in [-0.4, -0.2) is 93.7 Å². The molecule has 5 aliphatic rings. The molecule has 47 heavy (non-hydrogen) atoms. The zero-order valence-corrected chi connectivity index (χ0v) is 28.6. The predicted octanol–water partition coefficient (Wildman–Crippen LogP) is 2.69. The highest BCUT2D eigenvalue weighted by Gasteiger charge is 2.62. The van der Waals surface area contributed by atoms with E-state index in [2.05, 4.69) is 33.9 Å². The standard InChI is InChI=1S/C33H57N7O7/c1-5-17-46-24-15-13-21(14-16-24)27-36-38-40(37-27)23-18-26-28(41)35-33(30(43)44)19-22(33)11-9-7-6-8-10-12-25(29(42)39(26)20-23)34-31(45)47-32(2,3)4/h21-27,36-38H,5-20H2,1-4H3,(H,34,45)(H,35,41)(H,43,44)/t21?,22-,23+,24?,25-,26+,27?,33+/m1/s1. The van der Waals surface area contributed by atoms with Crippen molar-refractivity contribution in [3.8, 4) is 0 Å². The number of rotatable bonds is 7. The highest BCUT2D eigenvalue weighted by atomic mass is 16.6. The molecule has 5 fully saturated rings. The maximum Gasteiger partial charge on any atom is 0.408 e. The van der Waals surface area contributed by atoms with Gasteiger partial charge in [0.05, 0.1) is 18.3 Å². The van der Waals surface area contributed by atoms with Crippen LogP contribution in [0, 0.1) is 11.8 Å². The van der Waals surface area contributed by atoms with E-state index >= 15 is 0 Å². The van der Waals surface area contributed by atoms with Crippen LogP contribution in [0.25, 0.3) is 0 Å². The molecule has 6 atom stereocenters. The van der Waals surface area contributed by atoms with Crippen LogP contribution in [0.4, 0.5) is 4.79 Å². The summed E-state index contributed by atoms with van der Waals surface area (Å²) in [5, 5.41) is 17.7. The molecule has 0 aromatic heterocycles. The average molecular weight is 664 g/mol. The molecule has 266 valence electrons. The summed E-state index contributed by atoms with van der Waals surface area (Å²) in [6.45, 7) is 8.43. The fourth-order valence-corrected chi connectivity index (χ4v) is 7.77. The zero-order chi connectivity index (χ0) is 33.8. The molecule has 1 unspecified atom stereocenters. The van der Waals surface area contributed by atoms with Crippen LogP contribution in [0.15, 0.2) is 0 Å². The third kappa shape index (κ3) is 8.94. The summed E-state index contributed by atoms with van der Waals surface area (Å²) in [5.41, 5.74) is 8.08. The predicted molar refractivity (Wildman–Crippen MR) is 173 cm³/mol. The molecular weight excluding hydrogens is 606 g/mol. The molecule has 14 heteroatoms. The number of fused-ring (bicyclic) bond motifs is 2. The molecule has 2 aliphatic carbocycles. The Morgan fingerprint density at radius 1 is 1.02 bits per heavy atom. The maximum absolute atomic E-state index is 14.3. The molecule has 3 saturated heterocycles. The fraction of sp³-hybridized carbons (Fsp3) is 0.879. The number of hydrogen-bond acceptors (Lipinski definition) is 10. The van der Waals surface area contributed by atoms with Crippen molar-refractivity contribution in [1.82, 2.24) is 37.0 Å². The lowest BCUT2D eigenvalue weighted by atomic mass is 9.85. The Balaban J connectivity index is 1.31. The van der Waals surface area contributed by atoms with Crippen LogP contribution >= 0.6 is 0 Å². The largest absolute Gasteiger partial charge is 0.479 e. The summed E-state index contributed by atoms with van der Waals surface area (Å²) in [6.07, 6.45) is 10.9. The number of ether oxygens (including phenoxy) is 2. The number of carboxylic acid groups (broad SMARTS) is 1. The Bertz CT molecular complexity index is 1130. The van der Waals surface area contributed by atoms with Gasteiger partial charge in [-0.2, -0.15) is 10.7 Å². The number of hydrogen-bond donors (Lipinski definition) is 6. The van der Waals surface area contributed by atoms with Gasteiger partial charge in [-0.05, 0) is 90.4 Å². The minimum Gasteiger partial charge on any atom is -0.479 e. The van der Waals surface area contributed by atoms with Gasteiger partial charge >= 0.3 is 12.1 Å². The Labute approximate surface area is 278 Å². The Morgan fingerprint density at radius 2 is 1.72 bits per heavy atom. The number of carboxylic acids is 1. The molecule has 0 aromatic rings. The van der Waals surface area contributed by atoms with E-state index in [0.29, 0.717) is 31.3 Å². The van der Waals surface area contributed by atoms with Gasteiger partial charge in [0, 0.05) is 13.2 Å². The first-order valence-electron chi connectivity index (χ1n) is 17.9. The SMILES string of the molecule is CCCOC1CCC(C2NNN([C@H]3C[C@H]4C(=O)N[C@@]5(C(=O)O)C[C@H]5CCCCCCC[C@@H](NC(=O)OC(C)(C)C)C(=O)N4C3)N2)CC1. The molecule has 3 heterocycles. The number of carbonyl (C=O) groups excluding carboxylic acids is 3. The normalized spacial score (nSPS) is 36.0. The van der Waals surface area contributed by atoms with Crippen molar-refractivity contribution in [1.29, 1.82) is 0 Å². The van der Waals surface area contributed by atoms with Crippen LogP contribution in [0.2, 0.25) is 0 Å². The van der Waals surface area contributed by atoms with Gasteiger partial charge in [-0.3, -0.25) is 9.59 Å². The average Bonchev–Trinajstić information content (AvgIpc) is 3.33. The third-order valence-corrected chi connectivity index (χ3v) is 10.5. The van der Waals surface area contributed by atoms with E-state index in [0.717, 1.165) is 77.2 Å². The summed E-state index contributed by atoms with van der Waals surface area (Å²) in [6, 6.07) is -2.05. The number of nitrogens with one attached hydrogen (secondary N) is 5. The van der Waals surface area contributed by atoms with Gasteiger partial charge in [0.1, 0.15) is 23.2 Å². The number of alkyl carbamates (subject to hydrolysis) is 1. The smallest absolute Gasteiger partial charge is 0.408 e. The summed E-state index contributed by atoms with van der Waals surface area (Å²) >= 11 is 0. The Morgan fingerprint density at radius 3 is 2.40 bits per heavy atom. The summed E-state index contributed by atoms with van der Waals surface area (Å²) in [5.74, 6) is -1.59. The molecule has 5 rings (SSSR count). The molecular formula is C33H57N7O7. The Kier molecular flexibility index (Phi) is 11.7. The minimum atomic E-state index is -1.30. The van der Waals surface area contributed by atoms with Crippen LogP contribution < -0.4 is 27.0 Å². The van der Waals surface area contributed by atoms with Crippen molar-refractivity contribution in [2.45, 2.75) is 159 Å². The molecule has 3 amide bonds. The first-order valence-corrected chi connectivity index (χ1v) is 17.9. The first-order chi connectivity index (χ1) is 22.4. The number of carbonyl (C=O) groups is 4. The second-order valence-electron chi connectivity index (χ2n) is 15.2. The summed E-state index contributed by atoms with van der Waals surface area (Å²) in [4.78, 5) is 55.0. The lowest BCUT2D eigenvalue weighted by Gasteiger charge is -2.32. The summed E-state index contributed by atoms with van der Waals surface area (Å²) in [7, 11) is 0. The Hall–Kier alpha value is -2.52. The van der Waals surface area contributed by atoms with E-state index < -0.39 is 41.2 Å². The third-order valence-electron chi connectivity index (χ3n) is 10.5. The van der Waals surface area contributed by atoms with Gasteiger partial charge in [-0.15, -0.1) is 0 Å². The second-order valence-corrected chi connectivity index (χ2v) is 15.2. The highest BCUT2D eigenvalue weighted by Crippen LogP contribution is 2.47. The number of aliphatic carboxylic acids is 1. The minimum absolute atomic E-state index is 0.0196. The van der Waals surface area contributed by atoms with E-state index in [9.17, 15) is 24.3 Å². The molecule has 0 spiro atoms. The quantitative estimate of drug-likeness (QED) is 0.236. The van der Waals surface area contributed by atoms with Gasteiger partial charge in [0.15, 0.2) is 0 Å². The molecule has 2 saturated carbocycles. The van der Waals surface area contributed by atoms with E-state index in [-0.39, 0.29) is 30.6 Å². The molecule has 14 nitrogen and oxygen atoms in total. The van der Waals surface area contributed by atoms with Crippen molar-refractivity contribution < 1.29 is 33.8 Å².